The van der Waals surface area contributed by atoms with E-state index in [1.807, 2.05) is 13.8 Å². The number of nitriles is 1. The Bertz CT molecular complexity index is 151. The van der Waals surface area contributed by atoms with E-state index in [-0.39, 0.29) is 0 Å². The lowest BCUT2D eigenvalue weighted by atomic mass is 10.1. The zero-order chi connectivity index (χ0) is 7.28. The fraction of sp³-hybridized carbons (Fsp3) is 0.571. The molecule has 0 amide bonds. The number of hydrogen-bond acceptors (Lipinski definition) is 2. The van der Waals surface area contributed by atoms with Gasteiger partial charge in [-0.3, -0.25) is 0 Å². The molecule has 0 aromatic carbocycles. The lowest BCUT2D eigenvalue weighted by Gasteiger charge is -1.96. The third kappa shape index (κ3) is 2.18. The summed E-state index contributed by atoms with van der Waals surface area (Å²) in [6, 6.07) is 2.06. The Kier molecular flexibility index (Phi) is 3.54. The monoisotopic (exact) mass is 124 g/mol. The van der Waals surface area contributed by atoms with Crippen molar-refractivity contribution in [1.29, 1.82) is 5.26 Å². The molecule has 0 aromatic heterocycles. The molecular weight excluding hydrogens is 112 g/mol. The van der Waals surface area contributed by atoms with Crippen molar-refractivity contribution in [3.05, 3.63) is 11.3 Å². The summed E-state index contributed by atoms with van der Waals surface area (Å²) in [5.41, 5.74) is 6.94. The van der Waals surface area contributed by atoms with E-state index in [4.69, 9.17) is 11.0 Å². The topological polar surface area (TPSA) is 49.8 Å². The molecule has 9 heavy (non-hydrogen) atoms. The molecule has 2 heteroatoms. The van der Waals surface area contributed by atoms with Gasteiger partial charge < -0.3 is 5.73 Å². The highest BCUT2D eigenvalue weighted by atomic mass is 14.6. The minimum Gasteiger partial charge on any atom is -0.401 e. The minimum absolute atomic E-state index is 0.720. The third-order valence-corrected chi connectivity index (χ3v) is 1.26. The van der Waals surface area contributed by atoms with Crippen molar-refractivity contribution < 1.29 is 0 Å². The molecule has 0 unspecified atom stereocenters. The van der Waals surface area contributed by atoms with Gasteiger partial charge in [-0.25, -0.2) is 0 Å². The molecule has 0 aliphatic rings. The molecule has 0 rings (SSSR count). The Labute approximate surface area is 56.0 Å². The fourth-order valence-corrected chi connectivity index (χ4v) is 0.591. The van der Waals surface area contributed by atoms with Crippen molar-refractivity contribution in [2.45, 2.75) is 26.7 Å². The van der Waals surface area contributed by atoms with Gasteiger partial charge in [0.15, 0.2) is 0 Å². The average molecular weight is 124 g/mol. The highest BCUT2D eigenvalue weighted by Crippen LogP contribution is 2.04. The van der Waals surface area contributed by atoms with Crippen LogP contribution in [-0.4, -0.2) is 0 Å². The summed E-state index contributed by atoms with van der Waals surface area (Å²) >= 11 is 0. The van der Waals surface area contributed by atoms with Gasteiger partial charge in [-0.15, -0.1) is 0 Å². The quantitative estimate of drug-likeness (QED) is 0.568. The van der Waals surface area contributed by atoms with E-state index in [0.29, 0.717) is 0 Å². The summed E-state index contributed by atoms with van der Waals surface area (Å²) in [7, 11) is 0. The first-order chi connectivity index (χ1) is 4.26. The second-order valence-electron chi connectivity index (χ2n) is 1.82. The van der Waals surface area contributed by atoms with E-state index in [2.05, 4.69) is 6.07 Å². The van der Waals surface area contributed by atoms with Gasteiger partial charge in [-0.1, -0.05) is 13.8 Å². The molecule has 0 aliphatic heterocycles. The Hall–Kier alpha value is -0.970. The van der Waals surface area contributed by atoms with Crippen molar-refractivity contribution in [3.8, 4) is 6.07 Å². The van der Waals surface area contributed by atoms with Crippen molar-refractivity contribution >= 4 is 0 Å². The van der Waals surface area contributed by atoms with E-state index < -0.39 is 0 Å². The van der Waals surface area contributed by atoms with Crippen LogP contribution in [0.3, 0.4) is 0 Å². The summed E-state index contributed by atoms with van der Waals surface area (Å²) in [5, 5.41) is 8.44. The molecular formula is C7H12N2. The first kappa shape index (κ1) is 8.03. The van der Waals surface area contributed by atoms with Crippen LogP contribution in [0.2, 0.25) is 0 Å². The molecule has 2 N–H and O–H groups in total. The lowest BCUT2D eigenvalue weighted by molar-refractivity contribution is 0.997. The first-order valence-electron chi connectivity index (χ1n) is 3.13. The van der Waals surface area contributed by atoms with Crippen LogP contribution in [0.4, 0.5) is 0 Å². The highest BCUT2D eigenvalue weighted by Gasteiger charge is 1.95. The highest BCUT2D eigenvalue weighted by molar-refractivity contribution is 5.25. The molecule has 50 valence electrons. The number of rotatable bonds is 2. The SMILES string of the molecule is CCC(N)=C(C#N)CC. The zero-order valence-electron chi connectivity index (χ0n) is 5.94. The molecule has 0 radical (unpaired) electrons. The Morgan fingerprint density at radius 2 is 2.00 bits per heavy atom. The Morgan fingerprint density at radius 3 is 2.11 bits per heavy atom. The molecule has 0 saturated carbocycles. The standard InChI is InChI=1S/C7H12N2/c1-3-6(5-8)7(9)4-2/h3-4,9H2,1-2H3. The smallest absolute Gasteiger partial charge is 0.0965 e. The molecule has 0 aliphatic carbocycles. The Morgan fingerprint density at radius 1 is 1.44 bits per heavy atom. The van der Waals surface area contributed by atoms with Crippen LogP contribution in [0, 0.1) is 11.3 Å². The normalized spacial score (nSPS) is 12.1. The van der Waals surface area contributed by atoms with Crippen LogP contribution < -0.4 is 5.73 Å². The van der Waals surface area contributed by atoms with E-state index in [9.17, 15) is 0 Å². The van der Waals surface area contributed by atoms with Gasteiger partial charge in [-0.05, 0) is 12.8 Å². The van der Waals surface area contributed by atoms with E-state index in [1.54, 1.807) is 0 Å². The van der Waals surface area contributed by atoms with Crippen LogP contribution in [0.5, 0.6) is 0 Å². The van der Waals surface area contributed by atoms with Crippen molar-refractivity contribution in [1.82, 2.24) is 0 Å². The minimum atomic E-state index is 0.720. The predicted molar refractivity (Wildman–Crippen MR) is 37.4 cm³/mol. The van der Waals surface area contributed by atoms with Crippen LogP contribution >= 0.6 is 0 Å². The second kappa shape index (κ2) is 3.96. The number of hydrogen-bond donors (Lipinski definition) is 1. The average Bonchev–Trinajstić information content (AvgIpc) is 1.90. The van der Waals surface area contributed by atoms with Crippen molar-refractivity contribution in [2.24, 2.45) is 5.73 Å². The summed E-state index contributed by atoms with van der Waals surface area (Å²) in [5.74, 6) is 0. The van der Waals surface area contributed by atoms with Gasteiger partial charge in [0.25, 0.3) is 0 Å². The first-order valence-corrected chi connectivity index (χ1v) is 3.13. The van der Waals surface area contributed by atoms with Crippen molar-refractivity contribution in [2.75, 3.05) is 0 Å². The molecule has 2 nitrogen and oxygen atoms in total. The van der Waals surface area contributed by atoms with Gasteiger partial charge in [0, 0.05) is 11.3 Å². The van der Waals surface area contributed by atoms with Gasteiger partial charge >= 0.3 is 0 Å². The fourth-order valence-electron chi connectivity index (χ4n) is 0.591. The number of nitrogens with two attached hydrogens (primary N) is 1. The molecule has 0 heterocycles. The second-order valence-corrected chi connectivity index (χ2v) is 1.82. The predicted octanol–water partition coefficient (Wildman–Crippen LogP) is 1.54. The van der Waals surface area contributed by atoms with Crippen molar-refractivity contribution in [3.63, 3.8) is 0 Å². The summed E-state index contributed by atoms with van der Waals surface area (Å²) in [6.07, 6.45) is 1.52. The van der Waals surface area contributed by atoms with Gasteiger partial charge in [0.1, 0.15) is 0 Å². The van der Waals surface area contributed by atoms with E-state index >= 15 is 0 Å². The van der Waals surface area contributed by atoms with Crippen LogP contribution in [0.15, 0.2) is 11.3 Å². The van der Waals surface area contributed by atoms with Crippen LogP contribution in [-0.2, 0) is 0 Å². The van der Waals surface area contributed by atoms with E-state index in [1.165, 1.54) is 0 Å². The largest absolute Gasteiger partial charge is 0.401 e. The summed E-state index contributed by atoms with van der Waals surface area (Å²) in [4.78, 5) is 0. The molecule has 0 saturated heterocycles. The molecule has 0 fully saturated rings. The molecule has 0 bridgehead atoms. The van der Waals surface area contributed by atoms with Gasteiger partial charge in [0.2, 0.25) is 0 Å². The molecule has 0 aromatic rings. The third-order valence-electron chi connectivity index (χ3n) is 1.26. The summed E-state index contributed by atoms with van der Waals surface area (Å²) in [6.45, 7) is 3.88. The van der Waals surface area contributed by atoms with Crippen LogP contribution in [0.25, 0.3) is 0 Å². The van der Waals surface area contributed by atoms with Gasteiger partial charge in [0.05, 0.1) is 6.07 Å². The number of nitrogens with zero attached hydrogens (tertiary/aromatic N) is 1. The zero-order valence-corrected chi connectivity index (χ0v) is 5.94. The number of allylic oxidation sites excluding steroid dienone is 2. The molecule has 0 atom stereocenters. The maximum atomic E-state index is 8.44. The van der Waals surface area contributed by atoms with Gasteiger partial charge in [-0.2, -0.15) is 5.26 Å². The van der Waals surface area contributed by atoms with E-state index in [0.717, 1.165) is 24.1 Å². The maximum absolute atomic E-state index is 8.44. The Balaban J connectivity index is 4.24. The van der Waals surface area contributed by atoms with Crippen LogP contribution in [0.1, 0.15) is 26.7 Å². The summed E-state index contributed by atoms with van der Waals surface area (Å²) < 4.78 is 0. The lowest BCUT2D eigenvalue weighted by Crippen LogP contribution is -1.99. The molecule has 0 spiro atoms. The maximum Gasteiger partial charge on any atom is 0.0965 e.